The summed E-state index contributed by atoms with van der Waals surface area (Å²) in [7, 11) is 0. The number of nitrogens with zero attached hydrogens (tertiary/aromatic N) is 5. The summed E-state index contributed by atoms with van der Waals surface area (Å²) < 4.78 is 117. The minimum Gasteiger partial charge on any atom is -0.422 e. The fourth-order valence-electron chi connectivity index (χ4n) is 4.19. The van der Waals surface area contributed by atoms with Gasteiger partial charge in [-0.3, -0.25) is 4.40 Å². The Bertz CT molecular complexity index is 1370. The molecule has 14 heteroatoms. The molecule has 0 saturated heterocycles. The molecule has 0 bridgehead atoms. The number of hydrogen-bond donors (Lipinski definition) is 0. The smallest absolute Gasteiger partial charge is 0.422 e. The van der Waals surface area contributed by atoms with Crippen LogP contribution in [0.4, 0.5) is 35.1 Å². The van der Waals surface area contributed by atoms with Crippen molar-refractivity contribution in [3.63, 3.8) is 0 Å². The van der Waals surface area contributed by atoms with Crippen LogP contribution in [0.25, 0.3) is 28.3 Å². The second-order valence-electron chi connectivity index (χ2n) is 8.04. The number of rotatable bonds is 4. The molecular weight excluding hydrogens is 478 g/mol. The van der Waals surface area contributed by atoms with Gasteiger partial charge in [0.1, 0.15) is 28.4 Å². The first kappa shape index (κ1) is 22.5. The molecule has 4 heterocycles. The van der Waals surface area contributed by atoms with E-state index in [-0.39, 0.29) is 35.5 Å². The lowest BCUT2D eigenvalue weighted by molar-refractivity contribution is -0.360. The Morgan fingerprint density at radius 3 is 2.29 bits per heavy atom. The van der Waals surface area contributed by atoms with Crippen molar-refractivity contribution in [2.24, 2.45) is 0 Å². The van der Waals surface area contributed by atoms with Gasteiger partial charge in [0.05, 0.1) is 0 Å². The molecule has 0 aliphatic heterocycles. The molecule has 1 fully saturated rings. The topological polar surface area (TPSA) is 69.1 Å². The standard InChI is InChI=1S/C20H13F8N5O/c21-17(5-1-2-6-17)11-7-13(18(22,23)19(24,25)20(26,27)28)31-15-10(11)3-4-14-30-12(8-33(14)15)16-32-29-9-34-16/h3-4,7-9H,1-2,5-6H2. The van der Waals surface area contributed by atoms with Crippen LogP contribution in [0.1, 0.15) is 36.9 Å². The van der Waals surface area contributed by atoms with Crippen LogP contribution in [0.3, 0.4) is 0 Å². The van der Waals surface area contributed by atoms with Crippen LogP contribution < -0.4 is 0 Å². The molecule has 0 amide bonds. The summed E-state index contributed by atoms with van der Waals surface area (Å²) in [6.07, 6.45) is -3.81. The SMILES string of the molecule is FC1(c2cc(C(F)(F)C(F)(F)C(F)(F)F)nc3c2ccc2nc(-c4nnco4)cn23)CCCC1. The van der Waals surface area contributed by atoms with Crippen molar-refractivity contribution in [2.75, 3.05) is 0 Å². The van der Waals surface area contributed by atoms with Crippen molar-refractivity contribution in [1.82, 2.24) is 24.6 Å². The third-order valence-electron chi connectivity index (χ3n) is 5.93. The van der Waals surface area contributed by atoms with Crippen molar-refractivity contribution in [1.29, 1.82) is 0 Å². The summed E-state index contributed by atoms with van der Waals surface area (Å²) in [4.78, 5) is 7.62. The van der Waals surface area contributed by atoms with Gasteiger partial charge in [-0.05, 0) is 43.9 Å². The molecule has 0 N–H and O–H groups in total. The summed E-state index contributed by atoms with van der Waals surface area (Å²) in [5.74, 6) is -12.3. The largest absolute Gasteiger partial charge is 0.460 e. The normalized spacial score (nSPS) is 17.2. The quantitative estimate of drug-likeness (QED) is 0.330. The summed E-state index contributed by atoms with van der Waals surface area (Å²) >= 11 is 0. The molecule has 4 aromatic heterocycles. The molecule has 180 valence electrons. The summed E-state index contributed by atoms with van der Waals surface area (Å²) in [6, 6.07) is 3.02. The van der Waals surface area contributed by atoms with Gasteiger partial charge in [0.25, 0.3) is 5.89 Å². The van der Waals surface area contributed by atoms with Gasteiger partial charge in [-0.25, -0.2) is 14.4 Å². The van der Waals surface area contributed by atoms with E-state index in [1.807, 2.05) is 0 Å². The minimum atomic E-state index is -6.57. The maximum Gasteiger partial charge on any atom is 0.460 e. The van der Waals surface area contributed by atoms with Crippen molar-refractivity contribution >= 4 is 16.7 Å². The lowest BCUT2D eigenvalue weighted by atomic mass is 9.90. The van der Waals surface area contributed by atoms with Crippen LogP contribution in [0.5, 0.6) is 0 Å². The zero-order valence-corrected chi connectivity index (χ0v) is 16.9. The molecule has 0 aromatic carbocycles. The van der Waals surface area contributed by atoms with E-state index in [1.54, 1.807) is 0 Å². The molecule has 4 aromatic rings. The molecular formula is C20H13F8N5O. The lowest BCUT2D eigenvalue weighted by Crippen LogP contribution is -2.50. The first-order chi connectivity index (χ1) is 15.9. The molecule has 0 unspecified atom stereocenters. The molecule has 1 aliphatic rings. The van der Waals surface area contributed by atoms with Crippen LogP contribution in [-0.2, 0) is 11.6 Å². The first-order valence-corrected chi connectivity index (χ1v) is 9.97. The second-order valence-corrected chi connectivity index (χ2v) is 8.04. The highest BCUT2D eigenvalue weighted by Crippen LogP contribution is 2.53. The van der Waals surface area contributed by atoms with Gasteiger partial charge in [0.15, 0.2) is 0 Å². The zero-order valence-electron chi connectivity index (χ0n) is 16.9. The van der Waals surface area contributed by atoms with E-state index in [2.05, 4.69) is 20.2 Å². The Morgan fingerprint density at radius 1 is 0.971 bits per heavy atom. The number of alkyl halides is 8. The van der Waals surface area contributed by atoms with Crippen LogP contribution in [-0.4, -0.2) is 36.7 Å². The molecule has 0 spiro atoms. The summed E-state index contributed by atoms with van der Waals surface area (Å²) in [6.45, 7) is 0. The molecule has 0 radical (unpaired) electrons. The molecule has 1 saturated carbocycles. The van der Waals surface area contributed by atoms with Gasteiger partial charge in [0, 0.05) is 17.1 Å². The zero-order chi connectivity index (χ0) is 24.5. The number of aromatic nitrogens is 5. The van der Waals surface area contributed by atoms with Gasteiger partial charge in [-0.2, -0.15) is 30.7 Å². The van der Waals surface area contributed by atoms with E-state index < -0.39 is 40.6 Å². The van der Waals surface area contributed by atoms with Crippen LogP contribution in [0.15, 0.2) is 35.2 Å². The van der Waals surface area contributed by atoms with Gasteiger partial charge in [-0.1, -0.05) is 0 Å². The van der Waals surface area contributed by atoms with Gasteiger partial charge in [0.2, 0.25) is 6.39 Å². The third kappa shape index (κ3) is 3.14. The van der Waals surface area contributed by atoms with E-state index in [0.29, 0.717) is 18.9 Å². The summed E-state index contributed by atoms with van der Waals surface area (Å²) in [5.41, 5.74) is -4.89. The van der Waals surface area contributed by atoms with Crippen LogP contribution in [0.2, 0.25) is 0 Å². The Hall–Kier alpha value is -3.32. The van der Waals surface area contributed by atoms with E-state index >= 15 is 4.39 Å². The predicted octanol–water partition coefficient (Wildman–Crippen LogP) is 5.96. The van der Waals surface area contributed by atoms with E-state index in [9.17, 15) is 30.7 Å². The predicted molar refractivity (Wildman–Crippen MR) is 99.9 cm³/mol. The van der Waals surface area contributed by atoms with E-state index in [4.69, 9.17) is 4.42 Å². The number of imidazole rings is 1. The van der Waals surface area contributed by atoms with Gasteiger partial charge < -0.3 is 4.42 Å². The highest BCUT2D eigenvalue weighted by molar-refractivity contribution is 5.84. The van der Waals surface area contributed by atoms with Crippen LogP contribution in [0, 0.1) is 0 Å². The van der Waals surface area contributed by atoms with Crippen molar-refractivity contribution < 1.29 is 39.5 Å². The Balaban J connectivity index is 1.82. The molecule has 0 atom stereocenters. The number of hydrogen-bond acceptors (Lipinski definition) is 5. The van der Waals surface area contributed by atoms with Crippen molar-refractivity contribution in [3.05, 3.63) is 42.0 Å². The number of fused-ring (bicyclic) bond motifs is 3. The average molecular weight is 491 g/mol. The first-order valence-electron chi connectivity index (χ1n) is 9.97. The Morgan fingerprint density at radius 2 is 1.68 bits per heavy atom. The highest BCUT2D eigenvalue weighted by Gasteiger charge is 2.74. The molecule has 5 rings (SSSR count). The maximum atomic E-state index is 15.8. The van der Waals surface area contributed by atoms with Crippen molar-refractivity contribution in [2.45, 2.75) is 49.4 Å². The minimum absolute atomic E-state index is 0.0266. The average Bonchev–Trinajstić information content (AvgIpc) is 3.52. The lowest BCUT2D eigenvalue weighted by Gasteiger charge is -2.29. The number of pyridine rings is 2. The maximum absolute atomic E-state index is 15.8. The molecule has 34 heavy (non-hydrogen) atoms. The monoisotopic (exact) mass is 491 g/mol. The Kier molecular flexibility index (Phi) is 4.69. The fraction of sp³-hybridized carbons (Fsp3) is 0.400. The van der Waals surface area contributed by atoms with Crippen molar-refractivity contribution in [3.8, 4) is 11.6 Å². The van der Waals surface area contributed by atoms with E-state index in [0.717, 1.165) is 10.8 Å². The fourth-order valence-corrected chi connectivity index (χ4v) is 4.19. The molecule has 1 aliphatic carbocycles. The molecule has 6 nitrogen and oxygen atoms in total. The highest BCUT2D eigenvalue weighted by atomic mass is 19.4. The van der Waals surface area contributed by atoms with Gasteiger partial charge in [-0.15, -0.1) is 10.2 Å². The Labute approximate surface area is 184 Å². The van der Waals surface area contributed by atoms with Gasteiger partial charge >= 0.3 is 18.0 Å². The second kappa shape index (κ2) is 7.09. The summed E-state index contributed by atoms with van der Waals surface area (Å²) in [5, 5.41) is 7.11. The van der Waals surface area contributed by atoms with Crippen LogP contribution >= 0.6 is 0 Å². The van der Waals surface area contributed by atoms with E-state index in [1.165, 1.54) is 18.3 Å². The number of halogens is 8. The third-order valence-corrected chi connectivity index (χ3v) is 5.93.